The van der Waals surface area contributed by atoms with E-state index >= 15 is 0 Å². The van der Waals surface area contributed by atoms with Crippen LogP contribution >= 0.6 is 0 Å². The molecule has 0 fully saturated rings. The van der Waals surface area contributed by atoms with Crippen LogP contribution in [0.3, 0.4) is 0 Å². The molecule has 0 aliphatic heterocycles. The number of ether oxygens (including phenoxy) is 1. The summed E-state index contributed by atoms with van der Waals surface area (Å²) in [6.07, 6.45) is 0. The van der Waals surface area contributed by atoms with E-state index in [2.05, 4.69) is 16.3 Å². The SMILES string of the molecule is COCc1n[nH]c2cc[c]cc12. The summed E-state index contributed by atoms with van der Waals surface area (Å²) in [5.74, 6) is 0. The molecular weight excluding hydrogens is 152 g/mol. The lowest BCUT2D eigenvalue weighted by atomic mass is 10.2. The molecule has 0 aliphatic carbocycles. The monoisotopic (exact) mass is 161 g/mol. The molecule has 1 aromatic heterocycles. The molecule has 1 radical (unpaired) electrons. The van der Waals surface area contributed by atoms with Crippen LogP contribution in [0.1, 0.15) is 5.69 Å². The Morgan fingerprint density at radius 2 is 2.58 bits per heavy atom. The molecule has 12 heavy (non-hydrogen) atoms. The predicted molar refractivity (Wildman–Crippen MR) is 45.6 cm³/mol. The molecule has 0 bridgehead atoms. The van der Waals surface area contributed by atoms with Crippen molar-refractivity contribution < 1.29 is 4.74 Å². The van der Waals surface area contributed by atoms with Gasteiger partial charge in [-0.1, -0.05) is 6.07 Å². The van der Waals surface area contributed by atoms with Crippen LogP contribution in [0, 0.1) is 6.07 Å². The summed E-state index contributed by atoms with van der Waals surface area (Å²) < 4.78 is 5.00. The van der Waals surface area contributed by atoms with Gasteiger partial charge in [0, 0.05) is 12.5 Å². The van der Waals surface area contributed by atoms with Crippen LogP contribution in [0.15, 0.2) is 18.2 Å². The number of rotatable bonds is 2. The number of hydrogen-bond acceptors (Lipinski definition) is 2. The second kappa shape index (κ2) is 2.95. The fourth-order valence-corrected chi connectivity index (χ4v) is 1.20. The van der Waals surface area contributed by atoms with Gasteiger partial charge in [-0.2, -0.15) is 5.10 Å². The fourth-order valence-electron chi connectivity index (χ4n) is 1.20. The van der Waals surface area contributed by atoms with E-state index in [1.807, 2.05) is 18.2 Å². The Hall–Kier alpha value is -1.35. The first-order valence-corrected chi connectivity index (χ1v) is 3.74. The van der Waals surface area contributed by atoms with Gasteiger partial charge in [0.1, 0.15) is 0 Å². The Bertz CT molecular complexity index is 381. The molecule has 1 heterocycles. The van der Waals surface area contributed by atoms with Gasteiger partial charge in [0.2, 0.25) is 0 Å². The molecule has 0 unspecified atom stereocenters. The van der Waals surface area contributed by atoms with Crippen LogP contribution in [0.2, 0.25) is 0 Å². The molecule has 2 aromatic rings. The maximum atomic E-state index is 5.00. The number of nitrogens with zero attached hydrogens (tertiary/aromatic N) is 1. The Kier molecular flexibility index (Phi) is 1.80. The lowest BCUT2D eigenvalue weighted by Gasteiger charge is -1.92. The van der Waals surface area contributed by atoms with Gasteiger partial charge < -0.3 is 4.74 Å². The fraction of sp³-hybridized carbons (Fsp3) is 0.222. The van der Waals surface area contributed by atoms with Gasteiger partial charge >= 0.3 is 0 Å². The van der Waals surface area contributed by atoms with E-state index in [9.17, 15) is 0 Å². The van der Waals surface area contributed by atoms with E-state index in [4.69, 9.17) is 4.74 Å². The lowest BCUT2D eigenvalue weighted by molar-refractivity contribution is 0.182. The smallest absolute Gasteiger partial charge is 0.0957 e. The molecule has 0 saturated carbocycles. The van der Waals surface area contributed by atoms with Crippen LogP contribution in [0.25, 0.3) is 10.9 Å². The first kappa shape index (κ1) is 7.31. The summed E-state index contributed by atoms with van der Waals surface area (Å²) in [6, 6.07) is 8.72. The van der Waals surface area contributed by atoms with Crippen LogP contribution < -0.4 is 0 Å². The average Bonchev–Trinajstić information content (AvgIpc) is 2.50. The van der Waals surface area contributed by atoms with Gasteiger partial charge in [-0.15, -0.1) is 0 Å². The van der Waals surface area contributed by atoms with Gasteiger partial charge in [-0.05, 0) is 18.2 Å². The van der Waals surface area contributed by atoms with Crippen LogP contribution in [0.4, 0.5) is 0 Å². The van der Waals surface area contributed by atoms with Crippen molar-refractivity contribution in [3.05, 3.63) is 30.0 Å². The minimum absolute atomic E-state index is 0.540. The normalized spacial score (nSPS) is 10.8. The third-order valence-corrected chi connectivity index (χ3v) is 1.77. The van der Waals surface area contributed by atoms with Gasteiger partial charge in [-0.25, -0.2) is 0 Å². The van der Waals surface area contributed by atoms with Crippen molar-refractivity contribution in [2.24, 2.45) is 0 Å². The maximum absolute atomic E-state index is 5.00. The van der Waals surface area contributed by atoms with Crippen molar-refractivity contribution in [3.63, 3.8) is 0 Å². The van der Waals surface area contributed by atoms with Crippen molar-refractivity contribution in [2.45, 2.75) is 6.61 Å². The highest BCUT2D eigenvalue weighted by Crippen LogP contribution is 2.14. The van der Waals surface area contributed by atoms with Crippen molar-refractivity contribution in [3.8, 4) is 0 Å². The minimum Gasteiger partial charge on any atom is -0.378 e. The van der Waals surface area contributed by atoms with E-state index in [0.717, 1.165) is 16.6 Å². The molecule has 0 saturated heterocycles. The van der Waals surface area contributed by atoms with E-state index in [1.165, 1.54) is 0 Å². The molecule has 0 aliphatic rings. The number of H-pyrrole nitrogens is 1. The number of fused-ring (bicyclic) bond motifs is 1. The van der Waals surface area contributed by atoms with E-state index in [-0.39, 0.29) is 0 Å². The highest BCUT2D eigenvalue weighted by molar-refractivity contribution is 5.80. The highest BCUT2D eigenvalue weighted by Gasteiger charge is 2.02. The summed E-state index contributed by atoms with van der Waals surface area (Å²) >= 11 is 0. The van der Waals surface area contributed by atoms with Crippen molar-refractivity contribution in [1.82, 2.24) is 10.2 Å². The van der Waals surface area contributed by atoms with Crippen LogP contribution in [-0.4, -0.2) is 17.3 Å². The number of nitrogens with one attached hydrogen (secondary N) is 1. The largest absolute Gasteiger partial charge is 0.378 e. The van der Waals surface area contributed by atoms with E-state index in [1.54, 1.807) is 7.11 Å². The van der Waals surface area contributed by atoms with Gasteiger partial charge in [0.05, 0.1) is 17.8 Å². The number of hydrogen-bond donors (Lipinski definition) is 1. The molecule has 3 nitrogen and oxygen atoms in total. The molecule has 3 heteroatoms. The quantitative estimate of drug-likeness (QED) is 0.725. The average molecular weight is 161 g/mol. The molecule has 61 valence electrons. The molecule has 2 rings (SSSR count). The van der Waals surface area contributed by atoms with Crippen LogP contribution in [-0.2, 0) is 11.3 Å². The molecule has 1 aromatic carbocycles. The summed E-state index contributed by atoms with van der Waals surface area (Å²) in [7, 11) is 1.66. The zero-order valence-corrected chi connectivity index (χ0v) is 6.79. The third-order valence-electron chi connectivity index (χ3n) is 1.77. The predicted octanol–water partition coefficient (Wildman–Crippen LogP) is 1.51. The Balaban J connectivity index is 2.55. The number of benzene rings is 1. The zero-order valence-electron chi connectivity index (χ0n) is 6.79. The van der Waals surface area contributed by atoms with Gasteiger partial charge in [0.25, 0.3) is 0 Å². The summed E-state index contributed by atoms with van der Waals surface area (Å²) in [5.41, 5.74) is 1.96. The van der Waals surface area contributed by atoms with E-state index < -0.39 is 0 Å². The van der Waals surface area contributed by atoms with Crippen molar-refractivity contribution >= 4 is 10.9 Å². The first-order valence-electron chi connectivity index (χ1n) is 3.74. The summed E-state index contributed by atoms with van der Waals surface area (Å²) in [6.45, 7) is 0.540. The van der Waals surface area contributed by atoms with Gasteiger partial charge in [0.15, 0.2) is 0 Å². The Morgan fingerprint density at radius 3 is 3.42 bits per heavy atom. The molecular formula is C9H9N2O. The second-order valence-corrected chi connectivity index (χ2v) is 2.58. The summed E-state index contributed by atoms with van der Waals surface area (Å²) in [5, 5.41) is 8.12. The first-order chi connectivity index (χ1) is 5.92. The number of methoxy groups -OCH3 is 1. The van der Waals surface area contributed by atoms with Crippen LogP contribution in [0.5, 0.6) is 0 Å². The number of aromatic amines is 1. The molecule has 0 amide bonds. The number of aromatic nitrogens is 2. The third kappa shape index (κ3) is 1.08. The Labute approximate surface area is 70.4 Å². The van der Waals surface area contributed by atoms with Gasteiger partial charge in [-0.3, -0.25) is 5.10 Å². The zero-order chi connectivity index (χ0) is 8.39. The maximum Gasteiger partial charge on any atom is 0.0957 e. The second-order valence-electron chi connectivity index (χ2n) is 2.58. The molecule has 1 N–H and O–H groups in total. The minimum atomic E-state index is 0.540. The molecule has 0 spiro atoms. The van der Waals surface area contributed by atoms with Crippen molar-refractivity contribution in [2.75, 3.05) is 7.11 Å². The lowest BCUT2D eigenvalue weighted by Crippen LogP contribution is -1.87. The Morgan fingerprint density at radius 1 is 1.67 bits per heavy atom. The highest BCUT2D eigenvalue weighted by atomic mass is 16.5. The van der Waals surface area contributed by atoms with E-state index in [0.29, 0.717) is 6.61 Å². The molecule has 0 atom stereocenters. The summed E-state index contributed by atoms with van der Waals surface area (Å²) in [4.78, 5) is 0. The van der Waals surface area contributed by atoms with Crippen molar-refractivity contribution in [1.29, 1.82) is 0 Å². The topological polar surface area (TPSA) is 37.9 Å². The standard InChI is InChI=1S/C9H9N2O/c1-12-6-9-7-4-2-3-5-8(7)10-11-9/h3-5H,6H2,1H3,(H,10,11).